The zero-order chi connectivity index (χ0) is 19.4. The molecule has 0 atom stereocenters. The Morgan fingerprint density at radius 1 is 1.04 bits per heavy atom. The van der Waals surface area contributed by atoms with E-state index < -0.39 is 16.2 Å². The van der Waals surface area contributed by atoms with Crippen LogP contribution in [-0.4, -0.2) is 30.9 Å². The summed E-state index contributed by atoms with van der Waals surface area (Å²) in [6, 6.07) is 14.4. The van der Waals surface area contributed by atoms with Crippen molar-refractivity contribution < 1.29 is 22.1 Å². The van der Waals surface area contributed by atoms with Crippen LogP contribution in [0.2, 0.25) is 0 Å². The fourth-order valence-electron chi connectivity index (χ4n) is 2.41. The summed E-state index contributed by atoms with van der Waals surface area (Å²) in [6.45, 7) is 3.82. The zero-order valence-corrected chi connectivity index (χ0v) is 15.6. The van der Waals surface area contributed by atoms with Crippen LogP contribution in [0.3, 0.4) is 0 Å². The van der Waals surface area contributed by atoms with E-state index in [1.165, 1.54) is 30.5 Å². The Morgan fingerprint density at radius 3 is 2.33 bits per heavy atom. The van der Waals surface area contributed by atoms with Gasteiger partial charge in [0, 0.05) is 5.56 Å². The number of hydrogen-bond donors (Lipinski definition) is 0. The van der Waals surface area contributed by atoms with E-state index in [-0.39, 0.29) is 17.3 Å². The average Bonchev–Trinajstić information content (AvgIpc) is 3.12. The Hall–Kier alpha value is -3.13. The van der Waals surface area contributed by atoms with Gasteiger partial charge in [-0.2, -0.15) is 18.2 Å². The number of hydrogen-bond acceptors (Lipinski definition) is 6. The van der Waals surface area contributed by atoms with Crippen molar-refractivity contribution in [2.75, 3.05) is 6.61 Å². The smallest absolute Gasteiger partial charge is 0.435 e. The number of aryl methyl sites for hydroxylation is 1. The summed E-state index contributed by atoms with van der Waals surface area (Å²) in [7, 11) is -3.92. The predicted octanol–water partition coefficient (Wildman–Crippen LogP) is 3.63. The van der Waals surface area contributed by atoms with Crippen LogP contribution in [0.5, 0.6) is 5.75 Å². The second kappa shape index (κ2) is 7.63. The first-order chi connectivity index (χ1) is 12.9. The maximum absolute atomic E-state index is 12.3. The number of aromatic nitrogens is 2. The van der Waals surface area contributed by atoms with E-state index in [4.69, 9.17) is 8.92 Å². The Morgan fingerprint density at radius 2 is 1.70 bits per heavy atom. The van der Waals surface area contributed by atoms with Crippen LogP contribution in [-0.2, 0) is 14.9 Å². The molecule has 0 aliphatic rings. The van der Waals surface area contributed by atoms with Gasteiger partial charge in [0.05, 0.1) is 18.5 Å². The van der Waals surface area contributed by atoms with Gasteiger partial charge in [0.2, 0.25) is 0 Å². The third kappa shape index (κ3) is 4.17. The highest BCUT2D eigenvalue weighted by molar-refractivity contribution is 7.87. The van der Waals surface area contributed by atoms with E-state index in [1.54, 1.807) is 37.3 Å². The third-order valence-corrected chi connectivity index (χ3v) is 5.01. The minimum absolute atomic E-state index is 0.0811. The lowest BCUT2D eigenvalue weighted by Crippen LogP contribution is -2.16. The average molecular weight is 386 g/mol. The Kier molecular flexibility index (Phi) is 5.27. The van der Waals surface area contributed by atoms with Crippen LogP contribution in [0, 0.1) is 6.92 Å². The molecule has 8 heteroatoms. The van der Waals surface area contributed by atoms with Crippen molar-refractivity contribution in [2.24, 2.45) is 0 Å². The van der Waals surface area contributed by atoms with Crippen molar-refractivity contribution in [3.05, 3.63) is 66.4 Å². The molecule has 1 aromatic heterocycles. The first-order valence-electron chi connectivity index (χ1n) is 8.23. The third-order valence-electron chi connectivity index (χ3n) is 3.75. The molecule has 2 aromatic carbocycles. The number of ether oxygens (including phenoxy) is 1. The number of carbonyl (C=O) groups is 1. The fourth-order valence-corrected chi connectivity index (χ4v) is 3.34. The topological polar surface area (TPSA) is 87.5 Å². The van der Waals surface area contributed by atoms with Gasteiger partial charge in [-0.15, -0.1) is 0 Å². The molecule has 0 saturated heterocycles. The van der Waals surface area contributed by atoms with Gasteiger partial charge < -0.3 is 8.92 Å². The monoisotopic (exact) mass is 386 g/mol. The molecule has 0 spiro atoms. The van der Waals surface area contributed by atoms with Crippen molar-refractivity contribution in [2.45, 2.75) is 18.7 Å². The van der Waals surface area contributed by atoms with Gasteiger partial charge in [-0.05, 0) is 56.3 Å². The van der Waals surface area contributed by atoms with Gasteiger partial charge in [0.25, 0.3) is 0 Å². The van der Waals surface area contributed by atoms with E-state index >= 15 is 0 Å². The molecular formula is C19H18N2O5S. The maximum atomic E-state index is 12.3. The molecule has 3 rings (SSSR count). The maximum Gasteiger partial charge on any atom is 0.435 e. The van der Waals surface area contributed by atoms with Crippen LogP contribution in [0.15, 0.2) is 65.7 Å². The number of nitrogens with zero attached hydrogens (tertiary/aromatic N) is 2. The molecule has 1 heterocycles. The first-order valence-corrected chi connectivity index (χ1v) is 9.64. The summed E-state index contributed by atoms with van der Waals surface area (Å²) in [5.41, 5.74) is 2.15. The number of carbonyl (C=O) groups excluding carboxylic acids is 1. The van der Waals surface area contributed by atoms with E-state index in [1.807, 2.05) is 6.92 Å². The van der Waals surface area contributed by atoms with Crippen molar-refractivity contribution in [1.82, 2.24) is 9.78 Å². The lowest BCUT2D eigenvalue weighted by atomic mass is 10.1. The molecule has 0 radical (unpaired) electrons. The molecule has 0 unspecified atom stereocenters. The summed E-state index contributed by atoms with van der Waals surface area (Å²) in [4.78, 5) is 12.0. The molecule has 0 aliphatic carbocycles. The van der Waals surface area contributed by atoms with E-state index in [9.17, 15) is 13.2 Å². The summed E-state index contributed by atoms with van der Waals surface area (Å²) in [6.07, 6.45) is 0.901. The molecule has 0 fully saturated rings. The molecule has 0 bridgehead atoms. The van der Waals surface area contributed by atoms with Crippen LogP contribution in [0.4, 0.5) is 4.79 Å². The van der Waals surface area contributed by atoms with Gasteiger partial charge in [-0.25, -0.2) is 4.79 Å². The van der Waals surface area contributed by atoms with Gasteiger partial charge in [0.15, 0.2) is 0 Å². The van der Waals surface area contributed by atoms with Crippen LogP contribution >= 0.6 is 0 Å². The standard InChI is InChI=1S/C19H18N2O5S/c1-3-25-19(22)21-18(12-13-20-21)15-6-8-16(9-7-15)26-27(23,24)17-10-4-14(2)5-11-17/h4-13H,3H2,1-2H3. The molecular weight excluding hydrogens is 368 g/mol. The summed E-state index contributed by atoms with van der Waals surface area (Å²) in [5.74, 6) is 0.168. The highest BCUT2D eigenvalue weighted by Gasteiger charge is 2.17. The lowest BCUT2D eigenvalue weighted by molar-refractivity contribution is 0.151. The van der Waals surface area contributed by atoms with Gasteiger partial charge in [-0.3, -0.25) is 0 Å². The van der Waals surface area contributed by atoms with Gasteiger partial charge in [0.1, 0.15) is 10.6 Å². The van der Waals surface area contributed by atoms with Crippen LogP contribution < -0.4 is 4.18 Å². The summed E-state index contributed by atoms with van der Waals surface area (Å²) < 4.78 is 36.0. The minimum atomic E-state index is -3.92. The molecule has 0 N–H and O–H groups in total. The molecule has 0 saturated carbocycles. The second-order valence-corrected chi connectivity index (χ2v) is 7.25. The normalized spacial score (nSPS) is 11.2. The van der Waals surface area contributed by atoms with Crippen molar-refractivity contribution in [3.63, 3.8) is 0 Å². The quantitative estimate of drug-likeness (QED) is 0.622. The van der Waals surface area contributed by atoms with Crippen molar-refractivity contribution in [1.29, 1.82) is 0 Å². The van der Waals surface area contributed by atoms with E-state index in [0.29, 0.717) is 11.3 Å². The van der Waals surface area contributed by atoms with Gasteiger partial charge >= 0.3 is 16.2 Å². The predicted molar refractivity (Wildman–Crippen MR) is 99.1 cm³/mol. The summed E-state index contributed by atoms with van der Waals surface area (Å²) >= 11 is 0. The molecule has 7 nitrogen and oxygen atoms in total. The molecule has 140 valence electrons. The zero-order valence-electron chi connectivity index (χ0n) is 14.8. The Balaban J connectivity index is 1.81. The van der Waals surface area contributed by atoms with Crippen molar-refractivity contribution in [3.8, 4) is 17.0 Å². The highest BCUT2D eigenvalue weighted by atomic mass is 32.2. The van der Waals surface area contributed by atoms with Gasteiger partial charge in [-0.1, -0.05) is 17.7 Å². The van der Waals surface area contributed by atoms with E-state index in [0.717, 1.165) is 10.2 Å². The molecule has 0 aliphatic heterocycles. The summed E-state index contributed by atoms with van der Waals surface area (Å²) in [5, 5.41) is 3.95. The first kappa shape index (κ1) is 18.7. The van der Waals surface area contributed by atoms with E-state index in [2.05, 4.69) is 5.10 Å². The Bertz CT molecular complexity index is 1040. The fraction of sp³-hybridized carbons (Fsp3) is 0.158. The number of rotatable bonds is 5. The molecule has 3 aromatic rings. The van der Waals surface area contributed by atoms with Crippen LogP contribution in [0.25, 0.3) is 11.3 Å². The van der Waals surface area contributed by atoms with Crippen molar-refractivity contribution >= 4 is 16.2 Å². The van der Waals surface area contributed by atoms with Crippen LogP contribution in [0.1, 0.15) is 12.5 Å². The lowest BCUT2D eigenvalue weighted by Gasteiger charge is -2.09. The molecule has 27 heavy (non-hydrogen) atoms. The molecule has 0 amide bonds. The number of benzene rings is 2. The SMILES string of the molecule is CCOC(=O)n1nccc1-c1ccc(OS(=O)(=O)c2ccc(C)cc2)cc1. The highest BCUT2D eigenvalue weighted by Crippen LogP contribution is 2.24. The largest absolute Gasteiger partial charge is 0.448 e. The second-order valence-electron chi connectivity index (χ2n) is 5.70. The Labute approximate surface area is 157 Å². The minimum Gasteiger partial charge on any atom is -0.448 e.